The lowest BCUT2D eigenvalue weighted by molar-refractivity contribution is -0.141. The average molecular weight is 596 g/mol. The first-order valence-electron chi connectivity index (χ1n) is 13.8. The molecule has 9 nitrogen and oxygen atoms in total. The minimum atomic E-state index is -4.20. The molecule has 0 aliphatic rings. The van der Waals surface area contributed by atoms with Crippen LogP contribution < -0.4 is 19.1 Å². The molecule has 0 aliphatic heterocycles. The molecule has 3 aromatic carbocycles. The van der Waals surface area contributed by atoms with E-state index in [0.29, 0.717) is 17.9 Å². The molecule has 1 N–H and O–H groups in total. The Bertz CT molecular complexity index is 1490. The van der Waals surface area contributed by atoms with Crippen LogP contribution in [-0.2, 0) is 26.2 Å². The van der Waals surface area contributed by atoms with Gasteiger partial charge in [-0.3, -0.25) is 13.9 Å². The van der Waals surface area contributed by atoms with Gasteiger partial charge in [0.25, 0.3) is 10.0 Å². The minimum absolute atomic E-state index is 0.0235. The van der Waals surface area contributed by atoms with E-state index in [4.69, 9.17) is 9.47 Å². The topological polar surface area (TPSA) is 105 Å². The second-order valence-electron chi connectivity index (χ2n) is 11.0. The summed E-state index contributed by atoms with van der Waals surface area (Å²) in [5.74, 6) is -0.116. The van der Waals surface area contributed by atoms with Crippen LogP contribution in [0.15, 0.2) is 77.7 Å². The Morgan fingerprint density at radius 1 is 0.905 bits per heavy atom. The van der Waals surface area contributed by atoms with Gasteiger partial charge >= 0.3 is 0 Å². The van der Waals surface area contributed by atoms with Crippen molar-refractivity contribution in [2.75, 3.05) is 25.1 Å². The molecule has 0 heterocycles. The molecule has 0 aromatic heterocycles. The van der Waals surface area contributed by atoms with E-state index in [2.05, 4.69) is 5.32 Å². The molecule has 42 heavy (non-hydrogen) atoms. The van der Waals surface area contributed by atoms with E-state index in [9.17, 15) is 18.0 Å². The highest BCUT2D eigenvalue weighted by Gasteiger charge is 2.35. The third-order valence-corrected chi connectivity index (χ3v) is 8.37. The molecule has 3 rings (SSSR count). The summed E-state index contributed by atoms with van der Waals surface area (Å²) in [6.07, 6.45) is 0.335. The zero-order chi connectivity index (χ0) is 31.1. The fourth-order valence-corrected chi connectivity index (χ4v) is 6.04. The lowest BCUT2D eigenvalue weighted by atomic mass is 10.0. The molecule has 10 heteroatoms. The zero-order valence-corrected chi connectivity index (χ0v) is 26.2. The zero-order valence-electron chi connectivity index (χ0n) is 25.4. The number of anilines is 1. The minimum Gasteiger partial charge on any atom is -0.493 e. The molecule has 0 unspecified atom stereocenters. The van der Waals surface area contributed by atoms with Crippen LogP contribution in [0, 0.1) is 6.92 Å². The van der Waals surface area contributed by atoms with Gasteiger partial charge in [-0.1, -0.05) is 55.0 Å². The highest BCUT2D eigenvalue weighted by atomic mass is 32.2. The van der Waals surface area contributed by atoms with E-state index in [1.54, 1.807) is 30.3 Å². The van der Waals surface area contributed by atoms with Gasteiger partial charge in [0.05, 0.1) is 24.8 Å². The maximum absolute atomic E-state index is 14.2. The first-order chi connectivity index (χ1) is 19.8. The summed E-state index contributed by atoms with van der Waals surface area (Å²) in [6.45, 7) is 8.97. The van der Waals surface area contributed by atoms with E-state index in [1.165, 1.54) is 37.3 Å². The van der Waals surface area contributed by atoms with Crippen molar-refractivity contribution in [2.45, 2.75) is 64.1 Å². The molecule has 3 aromatic rings. The van der Waals surface area contributed by atoms with Crippen LogP contribution in [-0.4, -0.2) is 57.5 Å². The second kappa shape index (κ2) is 13.7. The molecule has 0 spiro atoms. The van der Waals surface area contributed by atoms with Crippen molar-refractivity contribution >= 4 is 27.5 Å². The van der Waals surface area contributed by atoms with E-state index in [0.717, 1.165) is 15.4 Å². The lowest BCUT2D eigenvalue weighted by Gasteiger charge is -2.35. The standard InChI is InChI=1S/C32H41N3O6S/c1-8-27(31(37)33-32(3,4)5)34(21-24-14-12-13-23(2)19-24)30(36)22-35(42(38,39)26-15-10-9-11-16-26)25-17-18-28(40-6)29(20-25)41-7/h9-20,27H,8,21-22H2,1-7H3,(H,33,37)/t27-/m1/s1. The van der Waals surface area contributed by atoms with Crippen molar-refractivity contribution in [3.63, 3.8) is 0 Å². The number of carbonyl (C=O) groups is 2. The van der Waals surface area contributed by atoms with Crippen molar-refractivity contribution in [1.82, 2.24) is 10.2 Å². The number of aryl methyl sites for hydroxylation is 1. The first kappa shape index (κ1) is 32.5. The van der Waals surface area contributed by atoms with E-state index in [-0.39, 0.29) is 23.0 Å². The van der Waals surface area contributed by atoms with E-state index < -0.39 is 34.1 Å². The van der Waals surface area contributed by atoms with Gasteiger partial charge in [-0.05, 0) is 63.9 Å². The van der Waals surface area contributed by atoms with Gasteiger partial charge < -0.3 is 19.7 Å². The molecule has 0 bridgehead atoms. The van der Waals surface area contributed by atoms with Crippen LogP contribution in [0.5, 0.6) is 11.5 Å². The second-order valence-corrected chi connectivity index (χ2v) is 12.9. The van der Waals surface area contributed by atoms with E-state index in [1.807, 2.05) is 58.9 Å². The van der Waals surface area contributed by atoms with Crippen LogP contribution in [0.25, 0.3) is 0 Å². The first-order valence-corrected chi connectivity index (χ1v) is 15.2. The number of benzene rings is 3. The number of amides is 2. The molecular formula is C32H41N3O6S. The number of rotatable bonds is 12. The normalized spacial score (nSPS) is 12.3. The van der Waals surface area contributed by atoms with Crippen LogP contribution in [0.3, 0.4) is 0 Å². The Kier molecular flexibility index (Phi) is 10.6. The summed E-state index contributed by atoms with van der Waals surface area (Å²) in [5.41, 5.74) is 1.53. The molecule has 2 amide bonds. The summed E-state index contributed by atoms with van der Waals surface area (Å²) >= 11 is 0. The van der Waals surface area contributed by atoms with Crippen molar-refractivity contribution in [2.24, 2.45) is 0 Å². The van der Waals surface area contributed by atoms with Crippen LogP contribution in [0.4, 0.5) is 5.69 Å². The summed E-state index contributed by atoms with van der Waals surface area (Å²) in [7, 11) is -1.27. The van der Waals surface area contributed by atoms with Gasteiger partial charge in [0.15, 0.2) is 11.5 Å². The van der Waals surface area contributed by atoms with Gasteiger partial charge in [0.2, 0.25) is 11.8 Å². The number of methoxy groups -OCH3 is 2. The largest absolute Gasteiger partial charge is 0.493 e. The molecule has 0 aliphatic carbocycles. The summed E-state index contributed by atoms with van der Waals surface area (Å²) in [5, 5.41) is 2.98. The fraction of sp³-hybridized carbons (Fsp3) is 0.375. The van der Waals surface area contributed by atoms with Crippen molar-refractivity contribution < 1.29 is 27.5 Å². The van der Waals surface area contributed by atoms with Gasteiger partial charge in [0.1, 0.15) is 12.6 Å². The van der Waals surface area contributed by atoms with Crippen molar-refractivity contribution in [3.05, 3.63) is 83.9 Å². The highest BCUT2D eigenvalue weighted by Crippen LogP contribution is 2.34. The molecule has 0 saturated heterocycles. The molecule has 226 valence electrons. The van der Waals surface area contributed by atoms with Gasteiger partial charge in [-0.15, -0.1) is 0 Å². The van der Waals surface area contributed by atoms with Crippen molar-refractivity contribution in [3.8, 4) is 11.5 Å². The molecular weight excluding hydrogens is 554 g/mol. The third-order valence-electron chi connectivity index (χ3n) is 6.58. The van der Waals surface area contributed by atoms with Crippen molar-refractivity contribution in [1.29, 1.82) is 0 Å². The lowest BCUT2D eigenvalue weighted by Crippen LogP contribution is -2.55. The Morgan fingerprint density at radius 2 is 1.57 bits per heavy atom. The number of sulfonamides is 1. The van der Waals surface area contributed by atoms with Crippen LogP contribution in [0.1, 0.15) is 45.2 Å². The van der Waals surface area contributed by atoms with Gasteiger partial charge in [0, 0.05) is 18.2 Å². The molecule has 0 radical (unpaired) electrons. The van der Waals surface area contributed by atoms with E-state index >= 15 is 0 Å². The number of nitrogens with one attached hydrogen (secondary N) is 1. The van der Waals surface area contributed by atoms with Crippen LogP contribution in [0.2, 0.25) is 0 Å². The molecule has 0 fully saturated rings. The average Bonchev–Trinajstić information content (AvgIpc) is 2.94. The summed E-state index contributed by atoms with van der Waals surface area (Å²) in [6, 6.07) is 19.4. The number of ether oxygens (including phenoxy) is 2. The predicted molar refractivity (Wildman–Crippen MR) is 164 cm³/mol. The SMILES string of the molecule is CC[C@H](C(=O)NC(C)(C)C)N(Cc1cccc(C)c1)C(=O)CN(c1ccc(OC)c(OC)c1)S(=O)(=O)c1ccccc1. The smallest absolute Gasteiger partial charge is 0.264 e. The number of nitrogens with zero attached hydrogens (tertiary/aromatic N) is 2. The Balaban J connectivity index is 2.12. The maximum Gasteiger partial charge on any atom is 0.264 e. The fourth-order valence-electron chi connectivity index (χ4n) is 4.61. The number of hydrogen-bond donors (Lipinski definition) is 1. The summed E-state index contributed by atoms with van der Waals surface area (Å²) < 4.78 is 39.8. The maximum atomic E-state index is 14.2. The number of carbonyl (C=O) groups excluding carboxylic acids is 2. The third kappa shape index (κ3) is 8.03. The monoisotopic (exact) mass is 595 g/mol. The Labute approximate surface area is 249 Å². The van der Waals surface area contributed by atoms with Gasteiger partial charge in [-0.25, -0.2) is 8.42 Å². The highest BCUT2D eigenvalue weighted by molar-refractivity contribution is 7.92. The Hall–Kier alpha value is -4.05. The Morgan fingerprint density at radius 3 is 2.14 bits per heavy atom. The summed E-state index contributed by atoms with van der Waals surface area (Å²) in [4.78, 5) is 29.2. The molecule has 1 atom stereocenters. The quantitative estimate of drug-likeness (QED) is 0.318. The van der Waals surface area contributed by atoms with Gasteiger partial charge in [-0.2, -0.15) is 0 Å². The predicted octanol–water partition coefficient (Wildman–Crippen LogP) is 4.93. The number of hydrogen-bond acceptors (Lipinski definition) is 6. The molecule has 0 saturated carbocycles. The van der Waals surface area contributed by atoms with Crippen LogP contribution >= 0.6 is 0 Å².